The zero-order valence-corrected chi connectivity index (χ0v) is 14.3. The first-order valence-electron chi connectivity index (χ1n) is 5.28. The fourth-order valence-corrected chi connectivity index (χ4v) is 3.17. The van der Waals surface area contributed by atoms with Gasteiger partial charge in [0.15, 0.2) is 0 Å². The molecule has 3 N–H and O–H groups in total. The number of benzene rings is 2. The van der Waals surface area contributed by atoms with E-state index in [4.69, 9.17) is 5.73 Å². The molecule has 0 heterocycles. The summed E-state index contributed by atoms with van der Waals surface area (Å²) in [5.41, 5.74) is 7.57. The second-order valence-electron chi connectivity index (χ2n) is 3.85. The minimum atomic E-state index is -0.182. The van der Waals surface area contributed by atoms with Crippen LogP contribution in [0.4, 0.5) is 11.4 Å². The minimum absolute atomic E-state index is 0.182. The largest absolute Gasteiger partial charge is 0.398 e. The Kier molecular flexibility index (Phi) is 4.65. The van der Waals surface area contributed by atoms with E-state index in [0.29, 0.717) is 16.9 Å². The summed E-state index contributed by atoms with van der Waals surface area (Å²) in [7, 11) is 0. The van der Waals surface area contributed by atoms with E-state index in [2.05, 4.69) is 53.1 Å². The van der Waals surface area contributed by atoms with Crippen LogP contribution in [0.1, 0.15) is 10.4 Å². The molecule has 19 heavy (non-hydrogen) atoms. The third kappa shape index (κ3) is 3.81. The van der Waals surface area contributed by atoms with Crippen molar-refractivity contribution >= 4 is 65.1 Å². The van der Waals surface area contributed by atoms with Crippen molar-refractivity contribution in [3.63, 3.8) is 0 Å². The van der Waals surface area contributed by atoms with Gasteiger partial charge in [0.2, 0.25) is 0 Å². The third-order valence-corrected chi connectivity index (χ3v) is 3.99. The van der Waals surface area contributed by atoms with Gasteiger partial charge < -0.3 is 11.1 Å². The maximum Gasteiger partial charge on any atom is 0.255 e. The van der Waals surface area contributed by atoms with E-state index >= 15 is 0 Å². The molecular weight excluding hydrogens is 440 g/mol. The maximum atomic E-state index is 12.1. The van der Waals surface area contributed by atoms with Crippen LogP contribution in [0.15, 0.2) is 49.8 Å². The highest BCUT2D eigenvalue weighted by Crippen LogP contribution is 2.24. The molecule has 0 radical (unpaired) electrons. The molecular formula is C13H9Br3N2O. The fourth-order valence-electron chi connectivity index (χ4n) is 1.49. The Morgan fingerprint density at radius 1 is 1.00 bits per heavy atom. The van der Waals surface area contributed by atoms with Gasteiger partial charge in [-0.05, 0) is 52.3 Å². The number of hydrogen-bond donors (Lipinski definition) is 2. The quantitative estimate of drug-likeness (QED) is 0.648. The SMILES string of the molecule is Nc1ccc(NC(=O)c2cc(Br)cc(Br)c2)cc1Br. The summed E-state index contributed by atoms with van der Waals surface area (Å²) >= 11 is 10.0. The second kappa shape index (κ2) is 6.07. The van der Waals surface area contributed by atoms with Gasteiger partial charge in [0.25, 0.3) is 5.91 Å². The molecule has 3 nitrogen and oxygen atoms in total. The third-order valence-electron chi connectivity index (χ3n) is 2.38. The molecule has 0 saturated heterocycles. The summed E-state index contributed by atoms with van der Waals surface area (Å²) in [6.45, 7) is 0. The van der Waals surface area contributed by atoms with Crippen LogP contribution in [0.25, 0.3) is 0 Å². The van der Waals surface area contributed by atoms with Crippen LogP contribution >= 0.6 is 47.8 Å². The van der Waals surface area contributed by atoms with Gasteiger partial charge >= 0.3 is 0 Å². The van der Waals surface area contributed by atoms with Crippen LogP contribution in [-0.4, -0.2) is 5.91 Å². The van der Waals surface area contributed by atoms with Gasteiger partial charge in [-0.25, -0.2) is 0 Å². The Bertz CT molecular complexity index is 624. The van der Waals surface area contributed by atoms with Crippen LogP contribution in [0, 0.1) is 0 Å². The summed E-state index contributed by atoms with van der Waals surface area (Å²) in [5.74, 6) is -0.182. The lowest BCUT2D eigenvalue weighted by Crippen LogP contribution is -2.12. The molecule has 0 bridgehead atoms. The number of rotatable bonds is 2. The Morgan fingerprint density at radius 2 is 1.63 bits per heavy atom. The molecule has 98 valence electrons. The van der Waals surface area contributed by atoms with E-state index < -0.39 is 0 Å². The molecule has 0 unspecified atom stereocenters. The molecule has 0 aromatic heterocycles. The standard InChI is InChI=1S/C13H9Br3N2O/c14-8-3-7(4-9(15)5-8)13(19)18-10-1-2-12(17)11(16)6-10/h1-6H,17H2,(H,18,19). The average molecular weight is 449 g/mol. The van der Waals surface area contributed by atoms with Gasteiger partial charge in [0.05, 0.1) is 0 Å². The first-order valence-corrected chi connectivity index (χ1v) is 7.66. The molecule has 0 aliphatic carbocycles. The summed E-state index contributed by atoms with van der Waals surface area (Å²) in [6, 6.07) is 10.6. The number of nitrogen functional groups attached to an aromatic ring is 1. The summed E-state index contributed by atoms with van der Waals surface area (Å²) in [4.78, 5) is 12.1. The maximum absolute atomic E-state index is 12.1. The molecule has 0 aliphatic rings. The lowest BCUT2D eigenvalue weighted by Gasteiger charge is -2.07. The zero-order chi connectivity index (χ0) is 14.0. The number of carbonyl (C=O) groups is 1. The van der Waals surface area contributed by atoms with E-state index in [0.717, 1.165) is 13.4 Å². The van der Waals surface area contributed by atoms with Crippen molar-refractivity contribution < 1.29 is 4.79 Å². The van der Waals surface area contributed by atoms with Crippen LogP contribution < -0.4 is 11.1 Å². The van der Waals surface area contributed by atoms with Crippen molar-refractivity contribution in [1.82, 2.24) is 0 Å². The van der Waals surface area contributed by atoms with Crippen LogP contribution in [0.2, 0.25) is 0 Å². The Hall–Kier alpha value is -0.850. The zero-order valence-electron chi connectivity index (χ0n) is 9.58. The van der Waals surface area contributed by atoms with Crippen LogP contribution in [-0.2, 0) is 0 Å². The fraction of sp³-hybridized carbons (Fsp3) is 0. The molecule has 0 fully saturated rings. The number of halogens is 3. The lowest BCUT2D eigenvalue weighted by molar-refractivity contribution is 0.102. The van der Waals surface area contributed by atoms with E-state index in [9.17, 15) is 4.79 Å². The van der Waals surface area contributed by atoms with Crippen molar-refractivity contribution in [2.24, 2.45) is 0 Å². The van der Waals surface area contributed by atoms with Gasteiger partial charge in [0, 0.05) is 30.4 Å². The highest BCUT2D eigenvalue weighted by atomic mass is 79.9. The normalized spacial score (nSPS) is 10.3. The second-order valence-corrected chi connectivity index (χ2v) is 6.53. The predicted octanol–water partition coefficient (Wildman–Crippen LogP) is 4.81. The molecule has 1 amide bonds. The molecule has 2 rings (SSSR count). The number of amides is 1. The van der Waals surface area contributed by atoms with Crippen molar-refractivity contribution in [1.29, 1.82) is 0 Å². The Balaban J connectivity index is 2.22. The van der Waals surface area contributed by atoms with Crippen molar-refractivity contribution in [3.8, 4) is 0 Å². The predicted molar refractivity (Wildman–Crippen MR) is 88.3 cm³/mol. The van der Waals surface area contributed by atoms with Crippen molar-refractivity contribution in [3.05, 3.63) is 55.4 Å². The average Bonchev–Trinajstić information content (AvgIpc) is 2.32. The summed E-state index contributed by atoms with van der Waals surface area (Å²) < 4.78 is 2.43. The monoisotopic (exact) mass is 446 g/mol. The van der Waals surface area contributed by atoms with Gasteiger partial charge in [0.1, 0.15) is 0 Å². The number of anilines is 2. The summed E-state index contributed by atoms with van der Waals surface area (Å²) in [6.07, 6.45) is 0. The minimum Gasteiger partial charge on any atom is -0.398 e. The van der Waals surface area contributed by atoms with Crippen molar-refractivity contribution in [2.45, 2.75) is 0 Å². The number of nitrogens with two attached hydrogens (primary N) is 1. The Labute approximate surface area is 136 Å². The van der Waals surface area contributed by atoms with Gasteiger partial charge in [-0.15, -0.1) is 0 Å². The smallest absolute Gasteiger partial charge is 0.255 e. The van der Waals surface area contributed by atoms with Crippen LogP contribution in [0.3, 0.4) is 0 Å². The molecule has 0 spiro atoms. The first kappa shape index (κ1) is 14.6. The highest BCUT2D eigenvalue weighted by molar-refractivity contribution is 9.11. The molecule has 6 heteroatoms. The van der Waals surface area contributed by atoms with E-state index in [-0.39, 0.29) is 5.91 Å². The molecule has 0 atom stereocenters. The van der Waals surface area contributed by atoms with Gasteiger partial charge in [-0.2, -0.15) is 0 Å². The molecule has 2 aromatic carbocycles. The molecule has 0 aliphatic heterocycles. The highest BCUT2D eigenvalue weighted by Gasteiger charge is 2.08. The Morgan fingerprint density at radius 3 is 2.21 bits per heavy atom. The number of hydrogen-bond acceptors (Lipinski definition) is 2. The lowest BCUT2D eigenvalue weighted by atomic mass is 10.2. The molecule has 2 aromatic rings. The number of nitrogens with one attached hydrogen (secondary N) is 1. The van der Waals surface area contributed by atoms with Gasteiger partial charge in [-0.1, -0.05) is 31.9 Å². The topological polar surface area (TPSA) is 55.1 Å². The van der Waals surface area contributed by atoms with E-state index in [1.165, 1.54) is 0 Å². The van der Waals surface area contributed by atoms with E-state index in [1.807, 2.05) is 6.07 Å². The molecule has 0 saturated carbocycles. The summed E-state index contributed by atoms with van der Waals surface area (Å²) in [5, 5.41) is 2.81. The van der Waals surface area contributed by atoms with Crippen molar-refractivity contribution in [2.75, 3.05) is 11.1 Å². The van der Waals surface area contributed by atoms with Crippen LogP contribution in [0.5, 0.6) is 0 Å². The number of carbonyl (C=O) groups excluding carboxylic acids is 1. The first-order chi connectivity index (χ1) is 8.95. The van der Waals surface area contributed by atoms with E-state index in [1.54, 1.807) is 30.3 Å². The van der Waals surface area contributed by atoms with Gasteiger partial charge in [-0.3, -0.25) is 4.79 Å².